The number of nitrogens with zero attached hydrogens (tertiary/aromatic N) is 4. The van der Waals surface area contributed by atoms with E-state index in [-0.39, 0.29) is 48.5 Å². The predicted octanol–water partition coefficient (Wildman–Crippen LogP) is 3.93. The molecule has 1 aliphatic rings. The number of likely N-dealkylation sites (tertiary alicyclic amines) is 1. The minimum atomic E-state index is -4.54. The lowest BCUT2D eigenvalue weighted by atomic mass is 10.1. The molecule has 2 amide bonds. The summed E-state index contributed by atoms with van der Waals surface area (Å²) < 4.78 is 50.7. The number of carbonyl (C=O) groups excluding carboxylic acids is 2. The van der Waals surface area contributed by atoms with Crippen LogP contribution in [-0.2, 0) is 27.1 Å². The number of rotatable bonds is 9. The van der Waals surface area contributed by atoms with Crippen LogP contribution in [0.2, 0.25) is 25.7 Å². The molecule has 0 saturated carbocycles. The van der Waals surface area contributed by atoms with E-state index >= 15 is 0 Å². The van der Waals surface area contributed by atoms with Crippen LogP contribution in [0, 0.1) is 6.92 Å². The summed E-state index contributed by atoms with van der Waals surface area (Å²) in [4.78, 5) is 38.1. The van der Waals surface area contributed by atoms with Crippen molar-refractivity contribution in [3.63, 3.8) is 0 Å². The standard InChI is InChI=1S/C22H27F3N4O4Si/c1-14-17(18(5-6-26-14)22(23,24)25)12-33-15-10-27-20(28-11-15)16-9-19(30)29(21(16)31)13-32-7-8-34(2,3)4/h5-6,10-11,16H,7-9,12-13H2,1-4H3. The highest BCUT2D eigenvalue weighted by atomic mass is 28.3. The molecule has 0 aliphatic carbocycles. The van der Waals surface area contributed by atoms with Crippen molar-refractivity contribution in [3.8, 4) is 5.75 Å². The second-order valence-corrected chi connectivity index (χ2v) is 14.9. The molecule has 0 bridgehead atoms. The van der Waals surface area contributed by atoms with Gasteiger partial charge in [0.25, 0.3) is 0 Å². The van der Waals surface area contributed by atoms with E-state index in [1.165, 1.54) is 19.3 Å². The van der Waals surface area contributed by atoms with Crippen molar-refractivity contribution in [1.82, 2.24) is 19.9 Å². The lowest BCUT2D eigenvalue weighted by Crippen LogP contribution is -2.33. The molecule has 8 nitrogen and oxygen atoms in total. The van der Waals surface area contributed by atoms with Gasteiger partial charge in [-0.15, -0.1) is 0 Å². The molecule has 2 aromatic rings. The molecule has 1 atom stereocenters. The van der Waals surface area contributed by atoms with E-state index in [2.05, 4.69) is 34.6 Å². The number of halogens is 3. The number of ether oxygens (including phenoxy) is 2. The van der Waals surface area contributed by atoms with Crippen molar-refractivity contribution in [2.24, 2.45) is 0 Å². The summed E-state index contributed by atoms with van der Waals surface area (Å²) >= 11 is 0. The van der Waals surface area contributed by atoms with Crippen LogP contribution in [0.15, 0.2) is 24.7 Å². The summed E-state index contributed by atoms with van der Waals surface area (Å²) in [6.07, 6.45) is -0.967. The van der Waals surface area contributed by atoms with Gasteiger partial charge in [0.15, 0.2) is 5.75 Å². The molecular formula is C22H27F3N4O4Si. The predicted molar refractivity (Wildman–Crippen MR) is 119 cm³/mol. The maximum absolute atomic E-state index is 13.3. The third-order valence-corrected chi connectivity index (χ3v) is 7.08. The summed E-state index contributed by atoms with van der Waals surface area (Å²) in [7, 11) is -1.29. The smallest absolute Gasteiger partial charge is 0.416 e. The second kappa shape index (κ2) is 10.2. The molecule has 0 N–H and O–H groups in total. The highest BCUT2D eigenvalue weighted by molar-refractivity contribution is 6.76. The van der Waals surface area contributed by atoms with Crippen LogP contribution in [0.5, 0.6) is 5.75 Å². The first-order valence-corrected chi connectivity index (χ1v) is 14.5. The first-order valence-electron chi connectivity index (χ1n) is 10.7. The van der Waals surface area contributed by atoms with Crippen LogP contribution in [-0.4, -0.2) is 53.1 Å². The van der Waals surface area contributed by atoms with E-state index in [0.717, 1.165) is 23.2 Å². The number of hydrogen-bond donors (Lipinski definition) is 0. The van der Waals surface area contributed by atoms with E-state index < -0.39 is 31.6 Å². The van der Waals surface area contributed by atoms with Crippen molar-refractivity contribution in [2.75, 3.05) is 13.3 Å². The first kappa shape index (κ1) is 25.8. The molecule has 1 aliphatic heterocycles. The summed E-state index contributed by atoms with van der Waals surface area (Å²) in [5.74, 6) is -1.36. The molecule has 1 saturated heterocycles. The summed E-state index contributed by atoms with van der Waals surface area (Å²) in [6, 6.07) is 1.81. The van der Waals surface area contributed by atoms with Crippen molar-refractivity contribution < 1.29 is 32.2 Å². The Bertz CT molecular complexity index is 1040. The van der Waals surface area contributed by atoms with Crippen molar-refractivity contribution in [2.45, 2.75) is 57.7 Å². The molecule has 34 heavy (non-hydrogen) atoms. The molecule has 3 heterocycles. The third-order valence-electron chi connectivity index (χ3n) is 5.38. The van der Waals surface area contributed by atoms with Crippen molar-refractivity contribution in [1.29, 1.82) is 0 Å². The molecule has 1 unspecified atom stereocenters. The minimum absolute atomic E-state index is 0.0692. The topological polar surface area (TPSA) is 94.5 Å². The van der Waals surface area contributed by atoms with E-state index in [4.69, 9.17) is 9.47 Å². The van der Waals surface area contributed by atoms with Crippen LogP contribution in [0.4, 0.5) is 13.2 Å². The number of amides is 2. The quantitative estimate of drug-likeness (QED) is 0.295. The largest absolute Gasteiger partial charge is 0.486 e. The fraction of sp³-hybridized carbons (Fsp3) is 0.500. The first-order chi connectivity index (χ1) is 15.9. The Morgan fingerprint density at radius 1 is 1.15 bits per heavy atom. The second-order valence-electron chi connectivity index (χ2n) is 9.25. The highest BCUT2D eigenvalue weighted by Crippen LogP contribution is 2.33. The third kappa shape index (κ3) is 6.38. The molecule has 184 valence electrons. The molecule has 12 heteroatoms. The zero-order chi connectivity index (χ0) is 25.1. The Labute approximate surface area is 196 Å². The summed E-state index contributed by atoms with van der Waals surface area (Å²) in [5, 5.41) is 0. The molecule has 0 aromatic carbocycles. The molecule has 0 spiro atoms. The van der Waals surface area contributed by atoms with Gasteiger partial charge in [-0.2, -0.15) is 13.2 Å². The average Bonchev–Trinajstić information content (AvgIpc) is 3.03. The van der Waals surface area contributed by atoms with E-state index in [0.29, 0.717) is 6.61 Å². The molecule has 3 rings (SSSR count). The Kier molecular flexibility index (Phi) is 7.71. The molecule has 1 fully saturated rings. The average molecular weight is 497 g/mol. The van der Waals surface area contributed by atoms with Crippen LogP contribution >= 0.6 is 0 Å². The molecule has 2 aromatic heterocycles. The SMILES string of the molecule is Cc1nccc(C(F)(F)F)c1COc1cnc(C2CC(=O)N(COCC[Si](C)(C)C)C2=O)nc1. The van der Waals surface area contributed by atoms with E-state index in [1.807, 2.05) is 0 Å². The van der Waals surface area contributed by atoms with Crippen molar-refractivity contribution >= 4 is 19.9 Å². The van der Waals surface area contributed by atoms with Gasteiger partial charge in [0, 0.05) is 38.6 Å². The maximum Gasteiger partial charge on any atom is 0.416 e. The van der Waals surface area contributed by atoms with Gasteiger partial charge in [-0.05, 0) is 19.0 Å². The van der Waals surface area contributed by atoms with Crippen molar-refractivity contribution in [3.05, 3.63) is 47.3 Å². The van der Waals surface area contributed by atoms with Crippen LogP contribution in [0.1, 0.15) is 35.0 Å². The van der Waals surface area contributed by atoms with Gasteiger partial charge < -0.3 is 9.47 Å². The highest BCUT2D eigenvalue weighted by Gasteiger charge is 2.41. The fourth-order valence-electron chi connectivity index (χ4n) is 3.34. The number of aryl methyl sites for hydroxylation is 1. The molecular weight excluding hydrogens is 469 g/mol. The maximum atomic E-state index is 13.3. The van der Waals surface area contributed by atoms with Gasteiger partial charge in [0.2, 0.25) is 11.8 Å². The van der Waals surface area contributed by atoms with Gasteiger partial charge in [0.1, 0.15) is 25.1 Å². The van der Waals surface area contributed by atoms with Gasteiger partial charge in [-0.25, -0.2) is 9.97 Å². The summed E-state index contributed by atoms with van der Waals surface area (Å²) in [6.45, 7) is 8.08. The molecule has 0 radical (unpaired) electrons. The van der Waals surface area contributed by atoms with Gasteiger partial charge >= 0.3 is 6.18 Å². The number of pyridine rings is 1. The Morgan fingerprint density at radius 3 is 2.44 bits per heavy atom. The van der Waals surface area contributed by atoms with E-state index in [9.17, 15) is 22.8 Å². The summed E-state index contributed by atoms with van der Waals surface area (Å²) in [5.41, 5.74) is -0.699. The zero-order valence-corrected chi connectivity index (χ0v) is 20.5. The van der Waals surface area contributed by atoms with Gasteiger partial charge in [-0.1, -0.05) is 19.6 Å². The monoisotopic (exact) mass is 496 g/mol. The lowest BCUT2D eigenvalue weighted by Gasteiger charge is -2.18. The minimum Gasteiger partial charge on any atom is -0.486 e. The number of imide groups is 1. The number of alkyl halides is 3. The normalized spacial score (nSPS) is 16.9. The number of carbonyl (C=O) groups is 2. The van der Waals surface area contributed by atoms with Crippen LogP contribution in [0.3, 0.4) is 0 Å². The Balaban J connectivity index is 1.61. The van der Waals surface area contributed by atoms with Gasteiger partial charge in [0.05, 0.1) is 18.0 Å². The Hall–Kier alpha value is -2.86. The number of hydrogen-bond acceptors (Lipinski definition) is 7. The van der Waals surface area contributed by atoms with E-state index in [1.54, 1.807) is 0 Å². The number of aromatic nitrogens is 3. The van der Waals surface area contributed by atoms with Crippen LogP contribution < -0.4 is 4.74 Å². The zero-order valence-electron chi connectivity index (χ0n) is 19.5. The Morgan fingerprint density at radius 2 is 1.82 bits per heavy atom. The fourth-order valence-corrected chi connectivity index (χ4v) is 4.09. The lowest BCUT2D eigenvalue weighted by molar-refractivity contribution is -0.144. The van der Waals surface area contributed by atoms with Gasteiger partial charge in [-0.3, -0.25) is 19.5 Å². The van der Waals surface area contributed by atoms with Crippen LogP contribution in [0.25, 0.3) is 0 Å².